The molecule has 2 aromatic heterocycles. The summed E-state index contributed by atoms with van der Waals surface area (Å²) in [5.41, 5.74) is 6.80. The number of aromatic nitrogens is 1. The predicted molar refractivity (Wildman–Crippen MR) is 126 cm³/mol. The van der Waals surface area contributed by atoms with Gasteiger partial charge in [0.05, 0.1) is 16.7 Å². The zero-order chi connectivity index (χ0) is 19.3. The van der Waals surface area contributed by atoms with Gasteiger partial charge in [-0.2, -0.15) is 0 Å². The second-order valence-corrected chi connectivity index (χ2v) is 9.73. The first-order valence-electron chi connectivity index (χ1n) is 10.1. The number of rotatable bonds is 0. The first-order valence-corrected chi connectivity index (χ1v) is 10.9. The maximum atomic E-state index is 2.50. The monoisotopic (exact) mass is 389 g/mol. The van der Waals surface area contributed by atoms with Crippen LogP contribution in [0.2, 0.25) is 0 Å². The third-order valence-corrected chi connectivity index (χ3v) is 7.91. The maximum absolute atomic E-state index is 2.50. The van der Waals surface area contributed by atoms with Gasteiger partial charge in [-0.1, -0.05) is 68.4 Å². The zero-order valence-corrected chi connectivity index (χ0v) is 17.2. The molecule has 0 atom stereocenters. The lowest BCUT2D eigenvalue weighted by Crippen LogP contribution is -2.26. The van der Waals surface area contributed by atoms with Gasteiger partial charge in [-0.3, -0.25) is 0 Å². The summed E-state index contributed by atoms with van der Waals surface area (Å²) in [4.78, 5) is 0. The number of thiophene rings is 1. The minimum absolute atomic E-state index is 0.00937. The summed E-state index contributed by atoms with van der Waals surface area (Å²) in [5.74, 6) is 0. The first-order chi connectivity index (χ1) is 14.1. The topological polar surface area (TPSA) is 4.93 Å². The van der Waals surface area contributed by atoms with Crippen molar-refractivity contribution < 1.29 is 0 Å². The Hall–Kier alpha value is -3.10. The molecule has 29 heavy (non-hydrogen) atoms. The van der Waals surface area contributed by atoms with Crippen LogP contribution in [-0.2, 0) is 5.41 Å². The van der Waals surface area contributed by atoms with Crippen molar-refractivity contribution in [1.82, 2.24) is 4.57 Å². The van der Waals surface area contributed by atoms with E-state index in [4.69, 9.17) is 0 Å². The third kappa shape index (κ3) is 1.81. The second-order valence-electron chi connectivity index (χ2n) is 8.64. The number of para-hydroxylation sites is 2. The van der Waals surface area contributed by atoms with Gasteiger partial charge in [0.1, 0.15) is 0 Å². The van der Waals surface area contributed by atoms with Crippen LogP contribution in [0.3, 0.4) is 0 Å². The Morgan fingerprint density at radius 2 is 1.41 bits per heavy atom. The Bertz CT molecular complexity index is 1630. The fourth-order valence-corrected chi connectivity index (χ4v) is 6.50. The van der Waals surface area contributed by atoms with Crippen LogP contribution in [-0.4, -0.2) is 4.57 Å². The lowest BCUT2D eigenvalue weighted by Gasteiger charge is -2.34. The highest BCUT2D eigenvalue weighted by Crippen LogP contribution is 2.48. The molecule has 4 aromatic carbocycles. The van der Waals surface area contributed by atoms with Gasteiger partial charge in [0.2, 0.25) is 0 Å². The van der Waals surface area contributed by atoms with E-state index < -0.39 is 0 Å². The first kappa shape index (κ1) is 15.8. The standard InChI is InChI=1S/C27H19NS/c1-27(2)20-10-4-5-12-22(20)28-23-15-25-19(16-8-3-6-13-24(16)29-25)14-18(23)17-9-7-11-21(27)26(17)28/h3-15H,1-2H3. The Balaban J connectivity index is 1.76. The van der Waals surface area contributed by atoms with Crippen molar-refractivity contribution in [3.63, 3.8) is 0 Å². The van der Waals surface area contributed by atoms with Crippen molar-refractivity contribution in [1.29, 1.82) is 0 Å². The lowest BCUT2D eigenvalue weighted by atomic mass is 9.75. The van der Waals surface area contributed by atoms with E-state index in [1.807, 2.05) is 11.3 Å². The normalized spacial score (nSPS) is 14.8. The molecule has 0 spiro atoms. The average molecular weight is 390 g/mol. The van der Waals surface area contributed by atoms with Crippen LogP contribution < -0.4 is 0 Å². The molecule has 0 saturated carbocycles. The summed E-state index contributed by atoms with van der Waals surface area (Å²) >= 11 is 1.90. The summed E-state index contributed by atoms with van der Waals surface area (Å²) in [6.07, 6.45) is 0. The highest BCUT2D eigenvalue weighted by atomic mass is 32.1. The summed E-state index contributed by atoms with van der Waals surface area (Å²) in [6.45, 7) is 4.71. The molecule has 6 aromatic rings. The number of nitrogens with zero attached hydrogens (tertiary/aromatic N) is 1. The molecule has 0 unspecified atom stereocenters. The van der Waals surface area contributed by atoms with Crippen molar-refractivity contribution >= 4 is 53.3 Å². The summed E-state index contributed by atoms with van der Waals surface area (Å²) in [6, 6.07) is 29.3. The molecule has 0 aliphatic carbocycles. The minimum Gasteiger partial charge on any atom is -0.309 e. The average Bonchev–Trinajstić information content (AvgIpc) is 3.26. The number of fused-ring (bicyclic) bond motifs is 8. The SMILES string of the molecule is CC1(C)c2ccccc2-n2c3cc4sc5ccccc5c4cc3c3cccc1c32. The van der Waals surface area contributed by atoms with Gasteiger partial charge in [-0.15, -0.1) is 11.3 Å². The quantitative estimate of drug-likeness (QED) is 0.250. The van der Waals surface area contributed by atoms with Gasteiger partial charge >= 0.3 is 0 Å². The summed E-state index contributed by atoms with van der Waals surface area (Å²) in [5, 5.41) is 5.44. The van der Waals surface area contributed by atoms with E-state index in [1.165, 1.54) is 58.8 Å². The van der Waals surface area contributed by atoms with Crippen LogP contribution in [0.25, 0.3) is 47.7 Å². The predicted octanol–water partition coefficient (Wildman–Crippen LogP) is 7.79. The van der Waals surface area contributed by atoms with E-state index in [9.17, 15) is 0 Å². The zero-order valence-electron chi connectivity index (χ0n) is 16.4. The molecular weight excluding hydrogens is 370 g/mol. The van der Waals surface area contributed by atoms with E-state index in [-0.39, 0.29) is 5.41 Å². The molecule has 0 radical (unpaired) electrons. The highest BCUT2D eigenvalue weighted by molar-refractivity contribution is 7.25. The molecule has 2 heteroatoms. The molecular formula is C27H19NS. The molecule has 1 nitrogen and oxygen atoms in total. The Morgan fingerprint density at radius 3 is 2.34 bits per heavy atom. The molecule has 0 amide bonds. The van der Waals surface area contributed by atoms with Gasteiger partial charge in [0.25, 0.3) is 0 Å². The molecule has 0 fully saturated rings. The van der Waals surface area contributed by atoms with Crippen LogP contribution in [0.1, 0.15) is 25.0 Å². The lowest BCUT2D eigenvalue weighted by molar-refractivity contribution is 0.630. The highest BCUT2D eigenvalue weighted by Gasteiger charge is 2.34. The van der Waals surface area contributed by atoms with Gasteiger partial charge < -0.3 is 4.57 Å². The Kier molecular flexibility index (Phi) is 2.77. The fraction of sp³-hybridized carbons (Fsp3) is 0.111. The van der Waals surface area contributed by atoms with E-state index >= 15 is 0 Å². The molecule has 0 N–H and O–H groups in total. The van der Waals surface area contributed by atoms with Crippen molar-refractivity contribution in [2.24, 2.45) is 0 Å². The fourth-order valence-electron chi connectivity index (χ4n) is 5.38. The Morgan fingerprint density at radius 1 is 0.655 bits per heavy atom. The van der Waals surface area contributed by atoms with Crippen molar-refractivity contribution in [3.05, 3.63) is 90.0 Å². The van der Waals surface area contributed by atoms with E-state index in [0.29, 0.717) is 0 Å². The largest absolute Gasteiger partial charge is 0.309 e. The van der Waals surface area contributed by atoms with E-state index in [1.54, 1.807) is 0 Å². The van der Waals surface area contributed by atoms with Gasteiger partial charge in [0.15, 0.2) is 0 Å². The molecule has 138 valence electrons. The summed E-state index contributed by atoms with van der Waals surface area (Å²) in [7, 11) is 0. The van der Waals surface area contributed by atoms with E-state index in [0.717, 1.165) is 0 Å². The molecule has 0 bridgehead atoms. The molecule has 1 aliphatic rings. The van der Waals surface area contributed by atoms with Crippen LogP contribution in [0, 0.1) is 0 Å². The Labute approximate surface area is 172 Å². The second kappa shape index (κ2) is 5.08. The number of benzene rings is 4. The maximum Gasteiger partial charge on any atom is 0.0582 e. The minimum atomic E-state index is -0.00937. The van der Waals surface area contributed by atoms with Crippen molar-refractivity contribution in [3.8, 4) is 5.69 Å². The van der Waals surface area contributed by atoms with Gasteiger partial charge in [-0.25, -0.2) is 0 Å². The van der Waals surface area contributed by atoms with Crippen LogP contribution in [0.5, 0.6) is 0 Å². The van der Waals surface area contributed by atoms with Crippen LogP contribution in [0.15, 0.2) is 78.9 Å². The van der Waals surface area contributed by atoms with E-state index in [2.05, 4.69) is 97.3 Å². The van der Waals surface area contributed by atoms with Crippen molar-refractivity contribution in [2.45, 2.75) is 19.3 Å². The third-order valence-electron chi connectivity index (χ3n) is 6.78. The molecule has 1 aliphatic heterocycles. The molecule has 7 rings (SSSR count). The molecule has 0 saturated heterocycles. The van der Waals surface area contributed by atoms with Crippen LogP contribution >= 0.6 is 11.3 Å². The van der Waals surface area contributed by atoms with Crippen LogP contribution in [0.4, 0.5) is 0 Å². The summed E-state index contributed by atoms with van der Waals surface area (Å²) < 4.78 is 5.23. The number of hydrogen-bond acceptors (Lipinski definition) is 1. The van der Waals surface area contributed by atoms with Gasteiger partial charge in [-0.05, 0) is 35.4 Å². The van der Waals surface area contributed by atoms with Gasteiger partial charge in [0, 0.05) is 36.4 Å². The number of hydrogen-bond donors (Lipinski definition) is 0. The van der Waals surface area contributed by atoms with Crippen molar-refractivity contribution in [2.75, 3.05) is 0 Å². The molecule has 3 heterocycles. The smallest absolute Gasteiger partial charge is 0.0582 e.